The van der Waals surface area contributed by atoms with Crippen molar-refractivity contribution >= 4 is 5.78 Å². The molecule has 1 aliphatic rings. The first kappa shape index (κ1) is 6.75. The van der Waals surface area contributed by atoms with Crippen molar-refractivity contribution in [2.45, 2.75) is 32.3 Å². The van der Waals surface area contributed by atoms with E-state index in [0.717, 1.165) is 12.8 Å². The minimum atomic E-state index is -0.431. The molecule has 1 fully saturated rings. The van der Waals surface area contributed by atoms with E-state index >= 15 is 0 Å². The third-order valence-electron chi connectivity index (χ3n) is 1.93. The van der Waals surface area contributed by atoms with Crippen molar-refractivity contribution in [2.75, 3.05) is 0 Å². The number of carbonyl (C=O) groups is 1. The van der Waals surface area contributed by atoms with Gasteiger partial charge in [0.2, 0.25) is 0 Å². The molecule has 0 saturated heterocycles. The molecular formula is C7H12O2. The fraction of sp³-hybridized carbons (Fsp3) is 0.857. The Morgan fingerprint density at radius 3 is 2.67 bits per heavy atom. The Morgan fingerprint density at radius 2 is 2.44 bits per heavy atom. The van der Waals surface area contributed by atoms with Crippen LogP contribution in [-0.2, 0) is 4.79 Å². The minimum Gasteiger partial charge on any atom is -0.393 e. The van der Waals surface area contributed by atoms with E-state index in [1.165, 1.54) is 0 Å². The number of rotatable bonds is 1. The Bertz CT molecular complexity index is 118. The summed E-state index contributed by atoms with van der Waals surface area (Å²) in [4.78, 5) is 10.9. The van der Waals surface area contributed by atoms with Gasteiger partial charge < -0.3 is 5.11 Å². The predicted octanol–water partition coefficient (Wildman–Crippen LogP) is 0.736. The Morgan fingerprint density at radius 1 is 1.78 bits per heavy atom. The van der Waals surface area contributed by atoms with Crippen molar-refractivity contribution in [1.82, 2.24) is 0 Å². The first-order chi connectivity index (χ1) is 4.22. The second-order valence-corrected chi connectivity index (χ2v) is 2.71. The van der Waals surface area contributed by atoms with Crippen LogP contribution in [0.15, 0.2) is 0 Å². The molecule has 0 aromatic heterocycles. The SMILES string of the molecule is C[C@H](O)[C@H]1CCCC1=O. The van der Waals surface area contributed by atoms with Crippen LogP contribution in [0, 0.1) is 5.92 Å². The van der Waals surface area contributed by atoms with Gasteiger partial charge in [-0.1, -0.05) is 0 Å². The average molecular weight is 128 g/mol. The highest BCUT2D eigenvalue weighted by Crippen LogP contribution is 2.23. The summed E-state index contributed by atoms with van der Waals surface area (Å²) in [7, 11) is 0. The number of aliphatic hydroxyl groups is 1. The molecule has 1 saturated carbocycles. The summed E-state index contributed by atoms with van der Waals surface area (Å²) in [6.07, 6.45) is 2.10. The molecule has 9 heavy (non-hydrogen) atoms. The second kappa shape index (κ2) is 2.48. The largest absolute Gasteiger partial charge is 0.393 e. The fourth-order valence-electron chi connectivity index (χ4n) is 1.35. The molecule has 0 unspecified atom stereocenters. The zero-order valence-electron chi connectivity index (χ0n) is 5.63. The molecule has 0 amide bonds. The van der Waals surface area contributed by atoms with Crippen molar-refractivity contribution in [2.24, 2.45) is 5.92 Å². The molecular weight excluding hydrogens is 116 g/mol. The molecule has 0 aromatic rings. The topological polar surface area (TPSA) is 37.3 Å². The summed E-state index contributed by atoms with van der Waals surface area (Å²) in [5.74, 6) is 0.190. The molecule has 1 aliphatic carbocycles. The van der Waals surface area contributed by atoms with E-state index < -0.39 is 6.10 Å². The van der Waals surface area contributed by atoms with Gasteiger partial charge in [0.05, 0.1) is 6.10 Å². The number of hydrogen-bond acceptors (Lipinski definition) is 2. The molecule has 0 aliphatic heterocycles. The lowest BCUT2D eigenvalue weighted by Gasteiger charge is -2.09. The van der Waals surface area contributed by atoms with Crippen LogP contribution in [0.1, 0.15) is 26.2 Å². The molecule has 2 nitrogen and oxygen atoms in total. The highest BCUT2D eigenvalue weighted by atomic mass is 16.3. The number of Topliss-reactive ketones (excluding diaryl/α,β-unsaturated/α-hetero) is 1. The molecule has 0 heterocycles. The van der Waals surface area contributed by atoms with Gasteiger partial charge in [-0.2, -0.15) is 0 Å². The van der Waals surface area contributed by atoms with E-state index in [2.05, 4.69) is 0 Å². The van der Waals surface area contributed by atoms with E-state index in [-0.39, 0.29) is 11.7 Å². The lowest BCUT2D eigenvalue weighted by atomic mass is 10.0. The maximum absolute atomic E-state index is 10.9. The molecule has 1 rings (SSSR count). The van der Waals surface area contributed by atoms with Gasteiger partial charge in [-0.3, -0.25) is 4.79 Å². The number of carbonyl (C=O) groups excluding carboxylic acids is 1. The minimum absolute atomic E-state index is 0.0509. The smallest absolute Gasteiger partial charge is 0.138 e. The van der Waals surface area contributed by atoms with Gasteiger partial charge in [-0.15, -0.1) is 0 Å². The van der Waals surface area contributed by atoms with Gasteiger partial charge in [0.15, 0.2) is 0 Å². The van der Waals surface area contributed by atoms with Crippen LogP contribution in [0.5, 0.6) is 0 Å². The first-order valence-corrected chi connectivity index (χ1v) is 3.42. The van der Waals surface area contributed by atoms with Crippen molar-refractivity contribution in [3.63, 3.8) is 0 Å². The normalized spacial score (nSPS) is 30.9. The third-order valence-corrected chi connectivity index (χ3v) is 1.93. The Labute approximate surface area is 54.9 Å². The Kier molecular flexibility index (Phi) is 1.86. The Hall–Kier alpha value is -0.370. The maximum atomic E-state index is 10.9. The van der Waals surface area contributed by atoms with Crippen LogP contribution in [0.2, 0.25) is 0 Å². The summed E-state index contributed by atoms with van der Waals surface area (Å²) in [6.45, 7) is 1.69. The summed E-state index contributed by atoms with van der Waals surface area (Å²) < 4.78 is 0. The maximum Gasteiger partial charge on any atom is 0.138 e. The van der Waals surface area contributed by atoms with E-state index in [0.29, 0.717) is 6.42 Å². The lowest BCUT2D eigenvalue weighted by molar-refractivity contribution is -0.123. The van der Waals surface area contributed by atoms with Crippen LogP contribution in [0.3, 0.4) is 0 Å². The third kappa shape index (κ3) is 1.30. The average Bonchev–Trinajstić information content (AvgIpc) is 2.13. The highest BCUT2D eigenvalue weighted by molar-refractivity contribution is 5.83. The van der Waals surface area contributed by atoms with Crippen LogP contribution in [-0.4, -0.2) is 17.0 Å². The number of aliphatic hydroxyl groups excluding tert-OH is 1. The molecule has 1 N–H and O–H groups in total. The van der Waals surface area contributed by atoms with Gasteiger partial charge in [-0.05, 0) is 19.8 Å². The van der Waals surface area contributed by atoms with Crippen molar-refractivity contribution < 1.29 is 9.90 Å². The number of ketones is 1. The van der Waals surface area contributed by atoms with Crippen LogP contribution >= 0.6 is 0 Å². The van der Waals surface area contributed by atoms with Crippen LogP contribution in [0.25, 0.3) is 0 Å². The predicted molar refractivity (Wildman–Crippen MR) is 34.0 cm³/mol. The van der Waals surface area contributed by atoms with Crippen molar-refractivity contribution in [3.8, 4) is 0 Å². The molecule has 0 aromatic carbocycles. The van der Waals surface area contributed by atoms with Gasteiger partial charge in [0.1, 0.15) is 5.78 Å². The molecule has 0 bridgehead atoms. The molecule has 52 valence electrons. The van der Waals surface area contributed by atoms with Crippen molar-refractivity contribution in [3.05, 3.63) is 0 Å². The fourth-order valence-corrected chi connectivity index (χ4v) is 1.35. The van der Waals surface area contributed by atoms with E-state index in [1.807, 2.05) is 0 Å². The Balaban J connectivity index is 2.49. The first-order valence-electron chi connectivity index (χ1n) is 3.42. The highest BCUT2D eigenvalue weighted by Gasteiger charge is 2.27. The van der Waals surface area contributed by atoms with Crippen LogP contribution < -0.4 is 0 Å². The molecule has 0 spiro atoms. The summed E-state index contributed by atoms with van der Waals surface area (Å²) in [6, 6.07) is 0. The van der Waals surface area contributed by atoms with Gasteiger partial charge in [0, 0.05) is 12.3 Å². The van der Waals surface area contributed by atoms with Gasteiger partial charge in [-0.25, -0.2) is 0 Å². The molecule has 2 heteroatoms. The standard InChI is InChI=1S/C7H12O2/c1-5(8)6-3-2-4-7(6)9/h5-6,8H,2-4H2,1H3/t5-,6+/m0/s1. The zero-order valence-corrected chi connectivity index (χ0v) is 5.63. The van der Waals surface area contributed by atoms with Crippen molar-refractivity contribution in [1.29, 1.82) is 0 Å². The van der Waals surface area contributed by atoms with E-state index in [4.69, 9.17) is 5.11 Å². The summed E-state index contributed by atoms with van der Waals surface area (Å²) >= 11 is 0. The zero-order chi connectivity index (χ0) is 6.85. The van der Waals surface area contributed by atoms with Crippen LogP contribution in [0.4, 0.5) is 0 Å². The molecule has 0 radical (unpaired) electrons. The quantitative estimate of drug-likeness (QED) is 0.565. The van der Waals surface area contributed by atoms with Gasteiger partial charge >= 0.3 is 0 Å². The lowest BCUT2D eigenvalue weighted by Crippen LogP contribution is -2.20. The molecule has 2 atom stereocenters. The van der Waals surface area contributed by atoms with E-state index in [9.17, 15) is 4.79 Å². The second-order valence-electron chi connectivity index (χ2n) is 2.71. The van der Waals surface area contributed by atoms with Gasteiger partial charge in [0.25, 0.3) is 0 Å². The van der Waals surface area contributed by atoms with E-state index in [1.54, 1.807) is 6.92 Å². The summed E-state index contributed by atoms with van der Waals surface area (Å²) in [5, 5.41) is 9.00. The number of hydrogen-bond donors (Lipinski definition) is 1. The monoisotopic (exact) mass is 128 g/mol. The summed E-state index contributed by atoms with van der Waals surface area (Å²) in [5.41, 5.74) is 0.